The number of carbonyl (C=O) groups excluding carboxylic acids is 1. The maximum atomic E-state index is 13.3. The van der Waals surface area contributed by atoms with Crippen molar-refractivity contribution >= 4 is 28.4 Å². The molecule has 0 aromatic heterocycles. The molecule has 0 saturated carbocycles. The van der Waals surface area contributed by atoms with Gasteiger partial charge in [-0.05, 0) is 48.4 Å². The average molecular weight is 586 g/mol. The predicted molar refractivity (Wildman–Crippen MR) is 161 cm³/mol. The molecule has 4 rings (SSSR count). The summed E-state index contributed by atoms with van der Waals surface area (Å²) in [6.07, 6.45) is 2.22. The topological polar surface area (TPSA) is 79.0 Å². The lowest BCUT2D eigenvalue weighted by molar-refractivity contribution is -0.148. The summed E-state index contributed by atoms with van der Waals surface area (Å²) in [7, 11) is -0.492. The Morgan fingerprint density at radius 2 is 1.60 bits per heavy atom. The van der Waals surface area contributed by atoms with Crippen LogP contribution in [-0.2, 0) is 26.1 Å². The van der Waals surface area contributed by atoms with Crippen molar-refractivity contribution in [2.75, 3.05) is 33.8 Å². The Hall–Kier alpha value is -2.75. The van der Waals surface area contributed by atoms with Crippen LogP contribution in [0.2, 0.25) is 0 Å². The fourth-order valence-electron chi connectivity index (χ4n) is 5.30. The Balaban J connectivity index is 0.00000441. The van der Waals surface area contributed by atoms with Crippen LogP contribution < -0.4 is 5.32 Å². The van der Waals surface area contributed by atoms with Crippen molar-refractivity contribution < 1.29 is 17.9 Å². The van der Waals surface area contributed by atoms with Crippen LogP contribution >= 0.6 is 12.4 Å². The van der Waals surface area contributed by atoms with E-state index in [1.165, 1.54) is 17.0 Å². The number of hydrogen-bond donors (Lipinski definition) is 1. The number of ether oxygens (including phenoxy) is 1. The Kier molecular flexibility index (Phi) is 12.2. The van der Waals surface area contributed by atoms with Crippen LogP contribution in [0.5, 0.6) is 0 Å². The molecule has 1 aliphatic rings. The van der Waals surface area contributed by atoms with E-state index in [1.807, 2.05) is 42.5 Å². The Labute approximate surface area is 245 Å². The van der Waals surface area contributed by atoms with Gasteiger partial charge in [0, 0.05) is 33.2 Å². The van der Waals surface area contributed by atoms with E-state index in [9.17, 15) is 13.2 Å². The molecule has 1 aliphatic heterocycles. The summed E-state index contributed by atoms with van der Waals surface area (Å²) < 4.78 is 33.1. The number of sulfonamides is 1. The SMILES string of the molecule is COC(=O)[C@H]1CCN(CCC(CN(C)S(=O)(=O)c2ccccc2)c2ccccc2)[C@@H](NCc2ccccc2)C1.Cl. The van der Waals surface area contributed by atoms with Crippen LogP contribution in [0.3, 0.4) is 0 Å². The summed E-state index contributed by atoms with van der Waals surface area (Å²) in [5, 5.41) is 3.66. The van der Waals surface area contributed by atoms with E-state index in [0.29, 0.717) is 24.4 Å². The zero-order chi connectivity index (χ0) is 27.7. The van der Waals surface area contributed by atoms with E-state index >= 15 is 0 Å². The van der Waals surface area contributed by atoms with Gasteiger partial charge in [0.05, 0.1) is 24.1 Å². The second-order valence-electron chi connectivity index (χ2n) is 10.2. The molecular weight excluding hydrogens is 546 g/mol. The zero-order valence-corrected chi connectivity index (χ0v) is 24.8. The van der Waals surface area contributed by atoms with Crippen molar-refractivity contribution in [1.29, 1.82) is 0 Å². The zero-order valence-electron chi connectivity index (χ0n) is 23.2. The third kappa shape index (κ3) is 8.38. The Bertz CT molecular complexity index is 1280. The number of likely N-dealkylation sites (N-methyl/N-ethyl adjacent to an activating group) is 1. The van der Waals surface area contributed by atoms with Gasteiger partial charge < -0.3 is 4.74 Å². The van der Waals surface area contributed by atoms with Gasteiger partial charge in [-0.15, -0.1) is 12.4 Å². The molecular formula is C31H40ClN3O4S. The third-order valence-electron chi connectivity index (χ3n) is 7.60. The smallest absolute Gasteiger partial charge is 0.308 e. The Morgan fingerprint density at radius 1 is 1.00 bits per heavy atom. The molecule has 0 bridgehead atoms. The summed E-state index contributed by atoms with van der Waals surface area (Å²) in [6, 6.07) is 28.9. The number of rotatable bonds is 12. The largest absolute Gasteiger partial charge is 0.469 e. The van der Waals surface area contributed by atoms with E-state index in [4.69, 9.17) is 4.74 Å². The normalized spacial score (nSPS) is 18.6. The minimum atomic E-state index is -3.60. The first-order valence-electron chi connectivity index (χ1n) is 13.5. The predicted octanol–water partition coefficient (Wildman–Crippen LogP) is 4.90. The number of likely N-dealkylation sites (tertiary alicyclic amines) is 1. The molecule has 0 spiro atoms. The van der Waals surface area contributed by atoms with Gasteiger partial charge in [0.15, 0.2) is 0 Å². The summed E-state index contributed by atoms with van der Waals surface area (Å²) >= 11 is 0. The second kappa shape index (κ2) is 15.3. The van der Waals surface area contributed by atoms with Gasteiger partial charge in [-0.2, -0.15) is 0 Å². The first kappa shape index (κ1) is 31.8. The van der Waals surface area contributed by atoms with Gasteiger partial charge >= 0.3 is 5.97 Å². The van der Waals surface area contributed by atoms with Crippen molar-refractivity contribution in [2.24, 2.45) is 5.92 Å². The highest BCUT2D eigenvalue weighted by atomic mass is 35.5. The van der Waals surface area contributed by atoms with Crippen LogP contribution in [0.4, 0.5) is 0 Å². The number of benzene rings is 3. The number of piperidine rings is 1. The minimum absolute atomic E-state index is 0. The fraction of sp³-hybridized carbons (Fsp3) is 0.387. The fourth-order valence-corrected chi connectivity index (χ4v) is 6.53. The molecule has 3 aromatic carbocycles. The maximum absolute atomic E-state index is 13.3. The molecule has 216 valence electrons. The number of nitrogens with one attached hydrogen (secondary N) is 1. The van der Waals surface area contributed by atoms with Gasteiger partial charge in [-0.25, -0.2) is 12.7 Å². The highest BCUT2D eigenvalue weighted by molar-refractivity contribution is 7.89. The number of halogens is 1. The first-order chi connectivity index (χ1) is 18.9. The number of hydrogen-bond acceptors (Lipinski definition) is 6. The molecule has 1 unspecified atom stereocenters. The summed E-state index contributed by atoms with van der Waals surface area (Å²) in [6.45, 7) is 2.63. The van der Waals surface area contributed by atoms with Crippen LogP contribution in [0.15, 0.2) is 95.9 Å². The molecule has 1 N–H and O–H groups in total. The van der Waals surface area contributed by atoms with Crippen LogP contribution in [0.1, 0.15) is 36.3 Å². The van der Waals surface area contributed by atoms with Gasteiger partial charge in [0.2, 0.25) is 10.0 Å². The molecule has 1 fully saturated rings. The summed E-state index contributed by atoms with van der Waals surface area (Å²) in [5.41, 5.74) is 2.30. The molecule has 3 aromatic rings. The van der Waals surface area contributed by atoms with Gasteiger partial charge in [-0.1, -0.05) is 78.9 Å². The van der Waals surface area contributed by atoms with Crippen molar-refractivity contribution in [3.63, 3.8) is 0 Å². The van der Waals surface area contributed by atoms with E-state index < -0.39 is 10.0 Å². The van der Waals surface area contributed by atoms with E-state index in [-0.39, 0.29) is 36.4 Å². The Morgan fingerprint density at radius 3 is 2.23 bits per heavy atom. The molecule has 7 nitrogen and oxygen atoms in total. The average Bonchev–Trinajstić information content (AvgIpc) is 2.99. The number of nitrogens with zero attached hydrogens (tertiary/aromatic N) is 2. The van der Waals surface area contributed by atoms with Crippen LogP contribution in [0.25, 0.3) is 0 Å². The van der Waals surface area contributed by atoms with Gasteiger partial charge in [0.25, 0.3) is 0 Å². The standard InChI is InChI=1S/C31H39N3O4S.ClH/c1-33(39(36,37)29-16-10-5-11-17-29)24-28(26-14-8-4-9-15-26)19-21-34-20-18-27(31(35)38-2)22-30(34)32-23-25-12-6-3-7-13-25;/h3-17,27-28,30,32H,18-24H2,1-2H3;1H/t27-,28?,30+;/m0./s1. The van der Waals surface area contributed by atoms with E-state index in [1.54, 1.807) is 31.3 Å². The monoisotopic (exact) mass is 585 g/mol. The second-order valence-corrected chi connectivity index (χ2v) is 12.2. The van der Waals surface area contributed by atoms with Gasteiger partial charge in [-0.3, -0.25) is 15.0 Å². The van der Waals surface area contributed by atoms with Crippen LogP contribution in [-0.4, -0.2) is 63.5 Å². The summed E-state index contributed by atoms with van der Waals surface area (Å²) in [4.78, 5) is 15.0. The minimum Gasteiger partial charge on any atom is -0.469 e. The molecule has 1 saturated heterocycles. The molecule has 0 radical (unpaired) electrons. The number of esters is 1. The van der Waals surface area contributed by atoms with Crippen LogP contribution in [0, 0.1) is 5.92 Å². The maximum Gasteiger partial charge on any atom is 0.308 e. The molecule has 0 amide bonds. The first-order valence-corrected chi connectivity index (χ1v) is 15.0. The van der Waals surface area contributed by atoms with Crippen molar-refractivity contribution in [2.45, 2.75) is 42.8 Å². The number of methoxy groups -OCH3 is 1. The van der Waals surface area contributed by atoms with Crippen molar-refractivity contribution in [3.8, 4) is 0 Å². The lowest BCUT2D eigenvalue weighted by atomic mass is 9.92. The van der Waals surface area contributed by atoms with E-state index in [0.717, 1.165) is 31.5 Å². The lowest BCUT2D eigenvalue weighted by Crippen LogP contribution is -2.52. The highest BCUT2D eigenvalue weighted by Gasteiger charge is 2.33. The molecule has 9 heteroatoms. The molecule has 0 aliphatic carbocycles. The number of carbonyl (C=O) groups is 1. The van der Waals surface area contributed by atoms with Crippen molar-refractivity contribution in [3.05, 3.63) is 102 Å². The molecule has 40 heavy (non-hydrogen) atoms. The van der Waals surface area contributed by atoms with Crippen molar-refractivity contribution in [1.82, 2.24) is 14.5 Å². The quantitative estimate of drug-likeness (QED) is 0.305. The highest BCUT2D eigenvalue weighted by Crippen LogP contribution is 2.28. The summed E-state index contributed by atoms with van der Waals surface area (Å²) in [5.74, 6) is -0.273. The molecule has 1 heterocycles. The van der Waals surface area contributed by atoms with Gasteiger partial charge in [0.1, 0.15) is 0 Å². The molecule has 3 atom stereocenters. The van der Waals surface area contributed by atoms with E-state index in [2.05, 4.69) is 34.5 Å². The lowest BCUT2D eigenvalue weighted by Gasteiger charge is -2.40. The third-order valence-corrected chi connectivity index (χ3v) is 9.43.